The maximum atomic E-state index is 8.59. The molecule has 1 fully saturated rings. The fourth-order valence-electron chi connectivity index (χ4n) is 3.07. The van der Waals surface area contributed by atoms with E-state index in [1.54, 1.807) is 6.21 Å². The maximum Gasteiger partial charge on any atom is 0.0466 e. The molecule has 0 amide bonds. The lowest BCUT2D eigenvalue weighted by molar-refractivity contribution is 0.165. The Morgan fingerprint density at radius 1 is 1.39 bits per heavy atom. The Labute approximate surface area is 113 Å². The van der Waals surface area contributed by atoms with Crippen LogP contribution < -0.4 is 0 Å². The maximum absolute atomic E-state index is 8.59. The highest BCUT2D eigenvalue weighted by Gasteiger charge is 2.29. The van der Waals surface area contributed by atoms with Gasteiger partial charge in [0.1, 0.15) is 0 Å². The van der Waals surface area contributed by atoms with E-state index in [-0.39, 0.29) is 0 Å². The van der Waals surface area contributed by atoms with Crippen LogP contribution in [0, 0.1) is 11.8 Å². The summed E-state index contributed by atoms with van der Waals surface area (Å²) in [6, 6.07) is 4.92. The van der Waals surface area contributed by atoms with Gasteiger partial charge in [-0.15, -0.1) is 16.5 Å². The van der Waals surface area contributed by atoms with Crippen molar-refractivity contribution in [2.24, 2.45) is 17.0 Å². The second-order valence-corrected chi connectivity index (χ2v) is 6.34. The quantitative estimate of drug-likeness (QED) is 0.513. The van der Waals surface area contributed by atoms with Crippen LogP contribution in [0.1, 0.15) is 36.6 Å². The van der Waals surface area contributed by atoms with Crippen LogP contribution in [0.2, 0.25) is 0 Å². The minimum Gasteiger partial charge on any atom is -0.411 e. The highest BCUT2D eigenvalue weighted by molar-refractivity contribution is 7.10. The molecular formula is C14H22N2OS. The molecule has 1 unspecified atom stereocenters. The Balaban J connectivity index is 2.01. The zero-order valence-corrected chi connectivity index (χ0v) is 11.9. The van der Waals surface area contributed by atoms with E-state index < -0.39 is 0 Å². The SMILES string of the molecule is CN(C)C(c1cccs1)C1CCC(C=NO)CC1. The Bertz CT molecular complexity index is 367. The van der Waals surface area contributed by atoms with Crippen LogP contribution in [0.25, 0.3) is 0 Å². The van der Waals surface area contributed by atoms with E-state index >= 15 is 0 Å². The van der Waals surface area contributed by atoms with Gasteiger partial charge in [0.15, 0.2) is 0 Å². The molecule has 0 bridgehead atoms. The van der Waals surface area contributed by atoms with Crippen molar-refractivity contribution < 1.29 is 5.21 Å². The summed E-state index contributed by atoms with van der Waals surface area (Å²) in [5, 5.41) is 13.9. The number of hydrogen-bond donors (Lipinski definition) is 1. The summed E-state index contributed by atoms with van der Waals surface area (Å²) < 4.78 is 0. The lowest BCUT2D eigenvalue weighted by Gasteiger charge is -2.36. The molecule has 100 valence electrons. The molecule has 3 nitrogen and oxygen atoms in total. The van der Waals surface area contributed by atoms with Crippen molar-refractivity contribution in [2.75, 3.05) is 14.1 Å². The Kier molecular flexibility index (Phi) is 4.78. The van der Waals surface area contributed by atoms with Crippen LogP contribution in [0.3, 0.4) is 0 Å². The summed E-state index contributed by atoms with van der Waals surface area (Å²) in [5.74, 6) is 1.19. The summed E-state index contributed by atoms with van der Waals surface area (Å²) in [5.41, 5.74) is 0. The number of rotatable bonds is 4. The van der Waals surface area contributed by atoms with E-state index in [9.17, 15) is 0 Å². The van der Waals surface area contributed by atoms with Crippen molar-refractivity contribution >= 4 is 17.6 Å². The van der Waals surface area contributed by atoms with Crippen LogP contribution in [-0.2, 0) is 0 Å². The molecule has 0 aliphatic heterocycles. The predicted molar refractivity (Wildman–Crippen MR) is 76.5 cm³/mol. The third kappa shape index (κ3) is 3.12. The summed E-state index contributed by atoms with van der Waals surface area (Å²) in [6.07, 6.45) is 6.43. The molecule has 1 aliphatic rings. The van der Waals surface area contributed by atoms with Gasteiger partial charge in [0.05, 0.1) is 0 Å². The van der Waals surface area contributed by atoms with Crippen LogP contribution in [0.15, 0.2) is 22.7 Å². The molecule has 0 saturated heterocycles. The van der Waals surface area contributed by atoms with Crippen molar-refractivity contribution in [3.05, 3.63) is 22.4 Å². The molecule has 1 aromatic rings. The summed E-state index contributed by atoms with van der Waals surface area (Å²) >= 11 is 1.86. The average molecular weight is 266 g/mol. The lowest BCUT2D eigenvalue weighted by Crippen LogP contribution is -2.30. The molecule has 1 saturated carbocycles. The van der Waals surface area contributed by atoms with Crippen LogP contribution in [0.5, 0.6) is 0 Å². The number of oxime groups is 1. The van der Waals surface area contributed by atoms with E-state index in [0.717, 1.165) is 18.8 Å². The normalized spacial score (nSPS) is 26.8. The first-order chi connectivity index (χ1) is 8.72. The molecule has 0 spiro atoms. The largest absolute Gasteiger partial charge is 0.411 e. The highest BCUT2D eigenvalue weighted by atomic mass is 32.1. The molecule has 2 rings (SSSR count). The van der Waals surface area contributed by atoms with Gasteiger partial charge in [-0.3, -0.25) is 0 Å². The molecule has 0 radical (unpaired) electrons. The number of thiophene rings is 1. The van der Waals surface area contributed by atoms with Gasteiger partial charge in [-0.2, -0.15) is 0 Å². The van der Waals surface area contributed by atoms with Gasteiger partial charge in [-0.25, -0.2) is 0 Å². The monoisotopic (exact) mass is 266 g/mol. The number of nitrogens with zero attached hydrogens (tertiary/aromatic N) is 2. The van der Waals surface area contributed by atoms with E-state index in [1.807, 2.05) is 11.3 Å². The van der Waals surface area contributed by atoms with Crippen molar-refractivity contribution in [3.63, 3.8) is 0 Å². The predicted octanol–water partition coefficient (Wildman–Crippen LogP) is 3.62. The molecular weight excluding hydrogens is 244 g/mol. The summed E-state index contributed by atoms with van der Waals surface area (Å²) in [6.45, 7) is 0. The average Bonchev–Trinajstić information content (AvgIpc) is 2.85. The Hall–Kier alpha value is -0.870. The Morgan fingerprint density at radius 3 is 2.61 bits per heavy atom. The lowest BCUT2D eigenvalue weighted by atomic mass is 9.78. The second kappa shape index (κ2) is 6.34. The van der Waals surface area contributed by atoms with Gasteiger partial charge in [-0.05, 0) is 63.1 Å². The fraction of sp³-hybridized carbons (Fsp3) is 0.643. The number of hydrogen-bond acceptors (Lipinski definition) is 4. The van der Waals surface area contributed by atoms with Gasteiger partial charge in [-0.1, -0.05) is 6.07 Å². The van der Waals surface area contributed by atoms with Gasteiger partial charge >= 0.3 is 0 Å². The zero-order chi connectivity index (χ0) is 13.0. The third-order valence-electron chi connectivity index (χ3n) is 3.93. The van der Waals surface area contributed by atoms with E-state index in [2.05, 4.69) is 41.7 Å². The standard InChI is InChI=1S/C14H22N2OS/c1-16(2)14(13-4-3-9-18-13)12-7-5-11(6-8-12)10-15-17/h3-4,9-12,14,17H,5-8H2,1-2H3. The smallest absolute Gasteiger partial charge is 0.0466 e. The van der Waals surface area contributed by atoms with Crippen LogP contribution >= 0.6 is 11.3 Å². The first-order valence-electron chi connectivity index (χ1n) is 6.59. The van der Waals surface area contributed by atoms with E-state index in [4.69, 9.17) is 5.21 Å². The molecule has 1 aromatic heterocycles. The van der Waals surface area contributed by atoms with Crippen molar-refractivity contribution in [2.45, 2.75) is 31.7 Å². The van der Waals surface area contributed by atoms with Crippen molar-refractivity contribution in [3.8, 4) is 0 Å². The van der Waals surface area contributed by atoms with E-state index in [1.165, 1.54) is 17.7 Å². The fourth-order valence-corrected chi connectivity index (χ4v) is 4.09. The van der Waals surface area contributed by atoms with E-state index in [0.29, 0.717) is 12.0 Å². The van der Waals surface area contributed by atoms with Gasteiger partial charge < -0.3 is 10.1 Å². The summed E-state index contributed by atoms with van der Waals surface area (Å²) in [7, 11) is 4.34. The van der Waals surface area contributed by atoms with Crippen LogP contribution in [0.4, 0.5) is 0 Å². The molecule has 1 aliphatic carbocycles. The molecule has 1 heterocycles. The second-order valence-electron chi connectivity index (χ2n) is 5.36. The zero-order valence-electron chi connectivity index (χ0n) is 11.1. The van der Waals surface area contributed by atoms with Gasteiger partial charge in [0.2, 0.25) is 0 Å². The first-order valence-corrected chi connectivity index (χ1v) is 7.47. The Morgan fingerprint density at radius 2 is 2.11 bits per heavy atom. The highest BCUT2D eigenvalue weighted by Crippen LogP contribution is 2.40. The molecule has 1 N–H and O–H groups in total. The minimum absolute atomic E-state index is 0.470. The van der Waals surface area contributed by atoms with Gasteiger partial charge in [0.25, 0.3) is 0 Å². The van der Waals surface area contributed by atoms with Crippen LogP contribution in [-0.4, -0.2) is 30.4 Å². The topological polar surface area (TPSA) is 35.8 Å². The third-order valence-corrected chi connectivity index (χ3v) is 4.87. The molecule has 18 heavy (non-hydrogen) atoms. The van der Waals surface area contributed by atoms with Crippen molar-refractivity contribution in [1.29, 1.82) is 0 Å². The molecule has 1 atom stereocenters. The minimum atomic E-state index is 0.470. The van der Waals surface area contributed by atoms with Gasteiger partial charge in [0, 0.05) is 17.1 Å². The summed E-state index contributed by atoms with van der Waals surface area (Å²) in [4.78, 5) is 3.82. The van der Waals surface area contributed by atoms with Crippen molar-refractivity contribution in [1.82, 2.24) is 4.90 Å². The molecule has 0 aromatic carbocycles. The first kappa shape index (κ1) is 13.6. The molecule has 4 heteroatoms.